The molecule has 2 fully saturated rings. The van der Waals surface area contributed by atoms with E-state index in [0.717, 1.165) is 18.0 Å². The number of aliphatic imine (C=N–C) groups is 1. The average Bonchev–Trinajstić information content (AvgIpc) is 3.61. The molecule has 1 saturated heterocycles. The fourth-order valence-electron chi connectivity index (χ4n) is 4.33. The number of alkyl halides is 3. The third kappa shape index (κ3) is 4.99. The normalized spacial score (nSPS) is 18.5. The Hall–Kier alpha value is -2.72. The van der Waals surface area contributed by atoms with Gasteiger partial charge in [0.1, 0.15) is 17.5 Å². The van der Waals surface area contributed by atoms with Crippen LogP contribution in [-0.2, 0) is 4.79 Å². The number of amidine groups is 1. The van der Waals surface area contributed by atoms with Crippen LogP contribution in [-0.4, -0.2) is 80.0 Å². The van der Waals surface area contributed by atoms with Crippen molar-refractivity contribution in [3.05, 3.63) is 46.7 Å². The van der Waals surface area contributed by atoms with Gasteiger partial charge in [-0.05, 0) is 38.1 Å². The summed E-state index contributed by atoms with van der Waals surface area (Å²) in [6.45, 7) is 2.19. The van der Waals surface area contributed by atoms with E-state index in [0.29, 0.717) is 30.9 Å². The van der Waals surface area contributed by atoms with Gasteiger partial charge in [-0.25, -0.2) is 9.37 Å². The topological polar surface area (TPSA) is 52.0 Å². The smallest absolute Gasteiger partial charge is 0.354 e. The molecule has 1 aliphatic carbocycles. The van der Waals surface area contributed by atoms with Crippen molar-refractivity contribution in [2.75, 3.05) is 51.7 Å². The number of carbonyl (C=O) groups is 1. The molecule has 35 heavy (non-hydrogen) atoms. The third-order valence-electron chi connectivity index (χ3n) is 6.67. The van der Waals surface area contributed by atoms with Crippen LogP contribution in [0.5, 0.6) is 0 Å². The van der Waals surface area contributed by atoms with Crippen LogP contribution in [0.25, 0.3) is 11.3 Å². The minimum Gasteiger partial charge on any atom is -0.354 e. The molecule has 2 aromatic rings. The van der Waals surface area contributed by atoms with Crippen LogP contribution in [0.2, 0.25) is 5.02 Å². The minimum atomic E-state index is -4.46. The molecule has 11 heteroatoms. The fraction of sp³-hybridized carbons (Fsp3) is 0.458. The van der Waals surface area contributed by atoms with Crippen molar-refractivity contribution in [1.82, 2.24) is 14.8 Å². The number of piperazine rings is 1. The van der Waals surface area contributed by atoms with Gasteiger partial charge in [-0.2, -0.15) is 13.2 Å². The first-order chi connectivity index (χ1) is 16.6. The largest absolute Gasteiger partial charge is 0.396 e. The highest BCUT2D eigenvalue weighted by Gasteiger charge is 2.64. The molecule has 6 nitrogen and oxygen atoms in total. The molecule has 0 bridgehead atoms. The Balaban J connectivity index is 1.84. The van der Waals surface area contributed by atoms with Gasteiger partial charge < -0.3 is 9.80 Å². The molecule has 0 spiro atoms. The van der Waals surface area contributed by atoms with Gasteiger partial charge in [0.05, 0.1) is 21.7 Å². The highest BCUT2D eigenvalue weighted by molar-refractivity contribution is 6.33. The molecule has 0 atom stereocenters. The van der Waals surface area contributed by atoms with E-state index in [4.69, 9.17) is 11.6 Å². The highest BCUT2D eigenvalue weighted by Crippen LogP contribution is 2.58. The van der Waals surface area contributed by atoms with Crippen molar-refractivity contribution in [3.63, 3.8) is 0 Å². The summed E-state index contributed by atoms with van der Waals surface area (Å²) in [5.41, 5.74) is -1.53. The number of nitrogens with zero attached hydrogens (tertiary/aromatic N) is 5. The van der Waals surface area contributed by atoms with Crippen molar-refractivity contribution in [2.24, 2.45) is 10.4 Å². The first-order valence-electron chi connectivity index (χ1n) is 11.2. The minimum absolute atomic E-state index is 0.0299. The van der Waals surface area contributed by atoms with Gasteiger partial charge in [0.15, 0.2) is 0 Å². The number of pyridine rings is 1. The van der Waals surface area contributed by atoms with Crippen LogP contribution in [0.1, 0.15) is 18.4 Å². The maximum Gasteiger partial charge on any atom is 0.396 e. The molecular formula is C24H26ClF4N5O. The van der Waals surface area contributed by atoms with E-state index in [1.165, 1.54) is 24.3 Å². The van der Waals surface area contributed by atoms with Crippen LogP contribution in [0.3, 0.4) is 0 Å². The van der Waals surface area contributed by atoms with Crippen molar-refractivity contribution in [3.8, 4) is 11.3 Å². The lowest BCUT2D eigenvalue weighted by Crippen LogP contribution is -2.48. The van der Waals surface area contributed by atoms with Crippen LogP contribution >= 0.6 is 11.6 Å². The number of amides is 1. The lowest BCUT2D eigenvalue weighted by Gasteiger charge is -2.36. The summed E-state index contributed by atoms with van der Waals surface area (Å²) in [4.78, 5) is 26.1. The standard InChI is InChI=1S/C24H26ClF4N5O/c1-30-21(33-11-9-32(2)10-12-33)17-13-18(25)20(16-5-3-4-6-19(16)26)31-22(17)34(15-35)14-23(7-8-23)24(27,28)29/h3-6,13,15H,7-12,14H2,1-2H3. The SMILES string of the molecule is CN=C(c1cc(Cl)c(-c2ccccc2F)nc1N(C=O)CC1(C(F)(F)F)CC1)N1CCN(C)CC1. The maximum atomic E-state index is 14.6. The zero-order valence-corrected chi connectivity index (χ0v) is 20.2. The zero-order valence-electron chi connectivity index (χ0n) is 19.4. The lowest BCUT2D eigenvalue weighted by molar-refractivity contribution is -0.183. The maximum absolute atomic E-state index is 14.6. The summed E-state index contributed by atoms with van der Waals surface area (Å²) in [6.07, 6.45) is -4.27. The van der Waals surface area contributed by atoms with Gasteiger partial charge in [0.25, 0.3) is 0 Å². The summed E-state index contributed by atoms with van der Waals surface area (Å²) in [5, 5.41) is 0.104. The Morgan fingerprint density at radius 1 is 1.23 bits per heavy atom. The molecule has 0 N–H and O–H groups in total. The summed E-state index contributed by atoms with van der Waals surface area (Å²) in [7, 11) is 3.56. The second-order valence-corrected chi connectivity index (χ2v) is 9.43. The molecule has 1 aromatic carbocycles. The highest BCUT2D eigenvalue weighted by atomic mass is 35.5. The zero-order chi connectivity index (χ0) is 25.4. The van der Waals surface area contributed by atoms with Crippen LogP contribution in [0, 0.1) is 11.2 Å². The van der Waals surface area contributed by atoms with Gasteiger partial charge >= 0.3 is 6.18 Å². The Bertz CT molecular complexity index is 1130. The van der Waals surface area contributed by atoms with Gasteiger partial charge in [-0.1, -0.05) is 23.7 Å². The van der Waals surface area contributed by atoms with Gasteiger partial charge in [0.2, 0.25) is 6.41 Å². The Morgan fingerprint density at radius 2 is 1.89 bits per heavy atom. The second kappa shape index (κ2) is 9.73. The number of halogens is 5. The van der Waals surface area contributed by atoms with Crippen LogP contribution in [0.4, 0.5) is 23.4 Å². The molecule has 4 rings (SSSR count). The third-order valence-corrected chi connectivity index (χ3v) is 6.96. The number of anilines is 1. The summed E-state index contributed by atoms with van der Waals surface area (Å²) >= 11 is 6.54. The quantitative estimate of drug-likeness (QED) is 0.248. The molecule has 2 heterocycles. The number of aromatic nitrogens is 1. The van der Waals surface area contributed by atoms with E-state index in [9.17, 15) is 22.4 Å². The van der Waals surface area contributed by atoms with Gasteiger partial charge in [-0.15, -0.1) is 0 Å². The van der Waals surface area contributed by atoms with Crippen molar-refractivity contribution in [2.45, 2.75) is 19.0 Å². The molecule has 1 saturated carbocycles. The van der Waals surface area contributed by atoms with E-state index in [1.54, 1.807) is 13.1 Å². The summed E-state index contributed by atoms with van der Waals surface area (Å²) in [6, 6.07) is 7.34. The molecule has 1 amide bonds. The predicted molar refractivity (Wildman–Crippen MR) is 127 cm³/mol. The molecule has 0 unspecified atom stereocenters. The summed E-state index contributed by atoms with van der Waals surface area (Å²) < 4.78 is 55.8. The predicted octanol–water partition coefficient (Wildman–Crippen LogP) is 4.47. The monoisotopic (exact) mass is 511 g/mol. The number of hydrogen-bond donors (Lipinski definition) is 0. The van der Waals surface area contributed by atoms with Gasteiger partial charge in [0, 0.05) is 45.3 Å². The number of carbonyl (C=O) groups excluding carboxylic acids is 1. The molecule has 0 radical (unpaired) electrons. The first kappa shape index (κ1) is 25.4. The molecule has 1 aliphatic heterocycles. The lowest BCUT2D eigenvalue weighted by atomic mass is 10.0. The number of hydrogen-bond acceptors (Lipinski definition) is 4. The summed E-state index contributed by atoms with van der Waals surface area (Å²) in [5.74, 6) is -0.153. The molecule has 1 aromatic heterocycles. The van der Waals surface area contributed by atoms with Crippen LogP contribution < -0.4 is 4.90 Å². The number of rotatable bonds is 6. The van der Waals surface area contributed by atoms with Crippen molar-refractivity contribution < 1.29 is 22.4 Å². The Labute approximate surface area is 206 Å². The number of benzene rings is 1. The van der Waals surface area contributed by atoms with E-state index in [1.807, 2.05) is 11.9 Å². The van der Waals surface area contributed by atoms with E-state index in [2.05, 4.69) is 14.9 Å². The van der Waals surface area contributed by atoms with Gasteiger partial charge in [-0.3, -0.25) is 14.7 Å². The second-order valence-electron chi connectivity index (χ2n) is 9.02. The molecular weight excluding hydrogens is 486 g/mol. The molecule has 2 aliphatic rings. The van der Waals surface area contributed by atoms with E-state index in [-0.39, 0.29) is 34.9 Å². The fourth-order valence-corrected chi connectivity index (χ4v) is 4.58. The Morgan fingerprint density at radius 3 is 2.43 bits per heavy atom. The van der Waals surface area contributed by atoms with Crippen LogP contribution in [0.15, 0.2) is 35.3 Å². The van der Waals surface area contributed by atoms with Crippen molar-refractivity contribution >= 4 is 29.7 Å². The van der Waals surface area contributed by atoms with E-state index < -0.39 is 24.0 Å². The van der Waals surface area contributed by atoms with E-state index >= 15 is 0 Å². The molecule has 188 valence electrons. The van der Waals surface area contributed by atoms with Crippen molar-refractivity contribution in [1.29, 1.82) is 0 Å². The average molecular weight is 512 g/mol. The number of likely N-dealkylation sites (N-methyl/N-ethyl adjacent to an activating group) is 1. The Kier molecular flexibility index (Phi) is 7.06. The first-order valence-corrected chi connectivity index (χ1v) is 11.6.